The molecule has 0 N–H and O–H groups in total. The minimum absolute atomic E-state index is 0.0411. The smallest absolute Gasteiger partial charge is 0.144 e. The number of nitriles is 1. The molecule has 0 bridgehead atoms. The lowest BCUT2D eigenvalue weighted by Gasteiger charge is -2.23. The van der Waals surface area contributed by atoms with Crippen molar-refractivity contribution in [2.75, 3.05) is 6.61 Å². The monoisotopic (exact) mass is 275 g/mol. The van der Waals surface area contributed by atoms with E-state index in [0.717, 1.165) is 25.7 Å². The molecule has 3 nitrogen and oxygen atoms in total. The van der Waals surface area contributed by atoms with Gasteiger partial charge in [0.1, 0.15) is 24.2 Å². The zero-order chi connectivity index (χ0) is 14.0. The maximum Gasteiger partial charge on any atom is 0.144 e. The highest BCUT2D eigenvalue weighted by Gasteiger charge is 2.42. The van der Waals surface area contributed by atoms with Crippen molar-refractivity contribution in [2.24, 2.45) is 0 Å². The van der Waals surface area contributed by atoms with Gasteiger partial charge < -0.3 is 9.47 Å². The van der Waals surface area contributed by atoms with Crippen LogP contribution < -0.4 is 4.74 Å². The zero-order valence-corrected chi connectivity index (χ0v) is 11.4. The summed E-state index contributed by atoms with van der Waals surface area (Å²) in [5.41, 5.74) is 0.142. The summed E-state index contributed by atoms with van der Waals surface area (Å²) in [6.07, 6.45) is 7.07. The Hall–Kier alpha value is -1.60. The van der Waals surface area contributed by atoms with Crippen molar-refractivity contribution in [3.05, 3.63) is 29.6 Å². The van der Waals surface area contributed by atoms with Crippen LogP contribution in [0.15, 0.2) is 18.2 Å². The van der Waals surface area contributed by atoms with Gasteiger partial charge in [-0.25, -0.2) is 4.39 Å². The molecule has 2 aliphatic rings. The third kappa shape index (κ3) is 2.64. The predicted octanol–water partition coefficient (Wildman–Crippen LogP) is 3.57. The van der Waals surface area contributed by atoms with E-state index < -0.39 is 5.82 Å². The molecule has 106 valence electrons. The Labute approximate surface area is 118 Å². The number of benzene rings is 1. The summed E-state index contributed by atoms with van der Waals surface area (Å²) in [7, 11) is 0. The molecule has 1 saturated heterocycles. The van der Waals surface area contributed by atoms with E-state index in [0.29, 0.717) is 12.4 Å². The van der Waals surface area contributed by atoms with E-state index in [1.165, 1.54) is 25.0 Å². The number of nitrogens with zero attached hydrogens (tertiary/aromatic N) is 1. The molecular formula is C16H18FNO2. The van der Waals surface area contributed by atoms with Gasteiger partial charge in [-0.1, -0.05) is 12.8 Å². The summed E-state index contributed by atoms with van der Waals surface area (Å²) < 4.78 is 25.2. The molecule has 3 rings (SSSR count). The second kappa shape index (κ2) is 5.41. The minimum Gasteiger partial charge on any atom is -0.491 e. The fraction of sp³-hybridized carbons (Fsp3) is 0.562. The molecule has 1 aliphatic heterocycles. The Balaban J connectivity index is 1.55. The van der Waals surface area contributed by atoms with Gasteiger partial charge >= 0.3 is 0 Å². The standard InChI is InChI=1S/C16H18FNO2/c17-15-9-13(4-3-12(15)10-18)19-11-14-5-8-16(20-14)6-1-2-7-16/h3-4,9,14H,1-2,5-8,11H2. The van der Waals surface area contributed by atoms with E-state index in [9.17, 15) is 4.39 Å². The van der Waals surface area contributed by atoms with Crippen molar-refractivity contribution in [1.29, 1.82) is 5.26 Å². The summed E-state index contributed by atoms with van der Waals surface area (Å²) in [6, 6.07) is 6.13. The number of hydrogen-bond donors (Lipinski definition) is 0. The quantitative estimate of drug-likeness (QED) is 0.847. The van der Waals surface area contributed by atoms with E-state index in [1.54, 1.807) is 12.1 Å². The molecule has 1 aromatic carbocycles. The molecule has 1 spiro atoms. The van der Waals surface area contributed by atoms with Gasteiger partial charge in [0.25, 0.3) is 0 Å². The topological polar surface area (TPSA) is 42.2 Å². The molecule has 0 amide bonds. The molecule has 1 heterocycles. The normalized spacial score (nSPS) is 23.9. The summed E-state index contributed by atoms with van der Waals surface area (Å²) in [4.78, 5) is 0. The summed E-state index contributed by atoms with van der Waals surface area (Å²) in [5, 5.41) is 8.68. The Bertz CT molecular complexity index is 532. The van der Waals surface area contributed by atoms with Crippen molar-refractivity contribution < 1.29 is 13.9 Å². The Morgan fingerprint density at radius 2 is 2.15 bits per heavy atom. The number of hydrogen-bond acceptors (Lipinski definition) is 3. The van der Waals surface area contributed by atoms with Gasteiger partial charge in [0.2, 0.25) is 0 Å². The lowest BCUT2D eigenvalue weighted by Crippen LogP contribution is -2.27. The van der Waals surface area contributed by atoms with Crippen LogP contribution in [-0.4, -0.2) is 18.3 Å². The van der Waals surface area contributed by atoms with E-state index in [2.05, 4.69) is 0 Å². The summed E-state index contributed by atoms with van der Waals surface area (Å²) in [6.45, 7) is 0.451. The molecule has 4 heteroatoms. The van der Waals surface area contributed by atoms with Crippen molar-refractivity contribution in [2.45, 2.75) is 50.2 Å². The molecule has 1 atom stereocenters. The Morgan fingerprint density at radius 3 is 2.85 bits per heavy atom. The second-order valence-electron chi connectivity index (χ2n) is 5.73. The van der Waals surface area contributed by atoms with E-state index >= 15 is 0 Å². The molecule has 0 radical (unpaired) electrons. The highest BCUT2D eigenvalue weighted by Crippen LogP contribution is 2.43. The maximum atomic E-state index is 13.5. The second-order valence-corrected chi connectivity index (χ2v) is 5.73. The van der Waals surface area contributed by atoms with Crippen molar-refractivity contribution in [1.82, 2.24) is 0 Å². The highest BCUT2D eigenvalue weighted by atomic mass is 19.1. The SMILES string of the molecule is N#Cc1ccc(OCC2CCC3(CCCC3)O2)cc1F. The van der Waals surface area contributed by atoms with Gasteiger partial charge in [-0.05, 0) is 37.8 Å². The lowest BCUT2D eigenvalue weighted by atomic mass is 9.98. The fourth-order valence-electron chi connectivity index (χ4n) is 3.27. The maximum absolute atomic E-state index is 13.5. The third-order valence-corrected chi connectivity index (χ3v) is 4.35. The van der Waals surface area contributed by atoms with Crippen LogP contribution in [0.3, 0.4) is 0 Å². The van der Waals surface area contributed by atoms with Crippen molar-refractivity contribution >= 4 is 0 Å². The van der Waals surface area contributed by atoms with Crippen LogP contribution in [-0.2, 0) is 4.74 Å². The average molecular weight is 275 g/mol. The first-order valence-electron chi connectivity index (χ1n) is 7.21. The van der Waals surface area contributed by atoms with Crippen LogP contribution >= 0.6 is 0 Å². The third-order valence-electron chi connectivity index (χ3n) is 4.35. The summed E-state index contributed by atoms with van der Waals surface area (Å²) in [5.74, 6) is -0.0814. The Morgan fingerprint density at radius 1 is 1.35 bits per heavy atom. The van der Waals surface area contributed by atoms with E-state index in [-0.39, 0.29) is 17.3 Å². The van der Waals surface area contributed by atoms with Crippen LogP contribution in [0.25, 0.3) is 0 Å². The van der Waals surface area contributed by atoms with Gasteiger partial charge in [0.15, 0.2) is 0 Å². The Kier molecular flexibility index (Phi) is 3.62. The molecule has 1 saturated carbocycles. The van der Waals surface area contributed by atoms with Gasteiger partial charge in [-0.3, -0.25) is 0 Å². The van der Waals surface area contributed by atoms with Gasteiger partial charge in [0, 0.05) is 6.07 Å². The number of rotatable bonds is 3. The van der Waals surface area contributed by atoms with E-state index in [4.69, 9.17) is 14.7 Å². The zero-order valence-electron chi connectivity index (χ0n) is 11.4. The summed E-state index contributed by atoms with van der Waals surface area (Å²) >= 11 is 0. The van der Waals surface area contributed by atoms with Gasteiger partial charge in [-0.15, -0.1) is 0 Å². The van der Waals surface area contributed by atoms with Crippen LogP contribution in [0, 0.1) is 17.1 Å². The molecule has 1 aromatic rings. The van der Waals surface area contributed by atoms with E-state index in [1.807, 2.05) is 0 Å². The van der Waals surface area contributed by atoms with Gasteiger partial charge in [-0.2, -0.15) is 5.26 Å². The van der Waals surface area contributed by atoms with Crippen molar-refractivity contribution in [3.63, 3.8) is 0 Å². The molecular weight excluding hydrogens is 257 g/mol. The largest absolute Gasteiger partial charge is 0.491 e. The van der Waals surface area contributed by atoms with Crippen LogP contribution in [0.1, 0.15) is 44.1 Å². The molecule has 2 fully saturated rings. The fourth-order valence-corrected chi connectivity index (χ4v) is 3.27. The number of ether oxygens (including phenoxy) is 2. The molecule has 1 unspecified atom stereocenters. The first-order chi connectivity index (χ1) is 9.71. The lowest BCUT2D eigenvalue weighted by molar-refractivity contribution is -0.0509. The van der Waals surface area contributed by atoms with Gasteiger partial charge in [0.05, 0.1) is 17.3 Å². The van der Waals surface area contributed by atoms with Crippen LogP contribution in [0.5, 0.6) is 5.75 Å². The average Bonchev–Trinajstić information content (AvgIpc) is 3.07. The molecule has 20 heavy (non-hydrogen) atoms. The molecule has 1 aliphatic carbocycles. The predicted molar refractivity (Wildman–Crippen MR) is 71.9 cm³/mol. The van der Waals surface area contributed by atoms with Crippen LogP contribution in [0.2, 0.25) is 0 Å². The first-order valence-corrected chi connectivity index (χ1v) is 7.21. The number of halogens is 1. The highest BCUT2D eigenvalue weighted by molar-refractivity contribution is 5.36. The first kappa shape index (κ1) is 13.4. The van der Waals surface area contributed by atoms with Crippen molar-refractivity contribution in [3.8, 4) is 11.8 Å². The molecule has 0 aromatic heterocycles. The van der Waals surface area contributed by atoms with Crippen LogP contribution in [0.4, 0.5) is 4.39 Å². The minimum atomic E-state index is -0.537.